The smallest absolute Gasteiger partial charge is 0.336 e. The van der Waals surface area contributed by atoms with Crippen LogP contribution < -0.4 is 0 Å². The second-order valence-electron chi connectivity index (χ2n) is 4.74. The van der Waals surface area contributed by atoms with E-state index in [1.807, 2.05) is 0 Å². The van der Waals surface area contributed by atoms with Crippen LogP contribution in [-0.4, -0.2) is 26.2 Å². The predicted octanol–water partition coefficient (Wildman–Crippen LogP) is 3.38. The summed E-state index contributed by atoms with van der Waals surface area (Å²) in [5, 5.41) is 9.21. The molecule has 5 nitrogen and oxygen atoms in total. The van der Waals surface area contributed by atoms with Gasteiger partial charge in [-0.25, -0.2) is 4.79 Å². The van der Waals surface area contributed by atoms with E-state index in [4.69, 9.17) is 16.6 Å². The fourth-order valence-corrected chi connectivity index (χ4v) is 3.40. The Bertz CT molecular complexity index is 811. The molecule has 1 aromatic heterocycles. The van der Waals surface area contributed by atoms with Crippen LogP contribution in [0.3, 0.4) is 0 Å². The third-order valence-electron chi connectivity index (χ3n) is 3.25. The Hall–Kier alpha value is -2.38. The highest BCUT2D eigenvalue weighted by Gasteiger charge is 2.32. The topological polar surface area (TPSA) is 70.8 Å². The molecular formula is C16H11NO4S2. The molecule has 0 aliphatic carbocycles. The number of thioether (sulfide) groups is 1. The number of amides is 1. The lowest BCUT2D eigenvalue weighted by atomic mass is 10.1. The maximum Gasteiger partial charge on any atom is 0.336 e. The van der Waals surface area contributed by atoms with Crippen LogP contribution in [0.5, 0.6) is 0 Å². The van der Waals surface area contributed by atoms with Crippen molar-refractivity contribution in [2.75, 3.05) is 0 Å². The Labute approximate surface area is 141 Å². The van der Waals surface area contributed by atoms with Gasteiger partial charge >= 0.3 is 5.97 Å². The number of carbonyl (C=O) groups excluding carboxylic acids is 1. The maximum atomic E-state index is 12.5. The first-order valence-corrected chi connectivity index (χ1v) is 7.89. The predicted molar refractivity (Wildman–Crippen MR) is 90.8 cm³/mol. The molecule has 23 heavy (non-hydrogen) atoms. The number of carboxylic acids is 1. The summed E-state index contributed by atoms with van der Waals surface area (Å²) >= 11 is 6.39. The van der Waals surface area contributed by atoms with Gasteiger partial charge in [-0.1, -0.05) is 42.2 Å². The summed E-state index contributed by atoms with van der Waals surface area (Å²) in [7, 11) is 0. The number of benzene rings is 1. The fraction of sp³-hybridized carbons (Fsp3) is 0.0625. The number of hydrogen-bond acceptors (Lipinski definition) is 5. The summed E-state index contributed by atoms with van der Waals surface area (Å²) < 4.78 is 5.66. The first-order valence-electron chi connectivity index (χ1n) is 6.66. The van der Waals surface area contributed by atoms with Gasteiger partial charge in [0.25, 0.3) is 5.91 Å². The Morgan fingerprint density at radius 2 is 2.09 bits per heavy atom. The molecule has 0 spiro atoms. The van der Waals surface area contributed by atoms with Crippen LogP contribution in [0.4, 0.5) is 0 Å². The number of nitrogens with zero attached hydrogens (tertiary/aromatic N) is 1. The average Bonchev–Trinajstić information content (AvgIpc) is 3.12. The lowest BCUT2D eigenvalue weighted by molar-refractivity contribution is -0.122. The first kappa shape index (κ1) is 15.5. The molecule has 1 saturated heterocycles. The Morgan fingerprint density at radius 3 is 2.78 bits per heavy atom. The van der Waals surface area contributed by atoms with Gasteiger partial charge in [-0.15, -0.1) is 0 Å². The second kappa shape index (κ2) is 6.39. The zero-order chi connectivity index (χ0) is 16.4. The number of aromatic carboxylic acids is 1. The molecule has 0 saturated carbocycles. The van der Waals surface area contributed by atoms with Gasteiger partial charge < -0.3 is 9.52 Å². The van der Waals surface area contributed by atoms with E-state index in [2.05, 4.69) is 0 Å². The van der Waals surface area contributed by atoms with Crippen LogP contribution in [0.15, 0.2) is 52.0 Å². The quantitative estimate of drug-likeness (QED) is 0.677. The molecule has 0 radical (unpaired) electrons. The van der Waals surface area contributed by atoms with E-state index in [0.717, 1.165) is 11.8 Å². The molecule has 0 unspecified atom stereocenters. The van der Waals surface area contributed by atoms with Gasteiger partial charge in [0, 0.05) is 0 Å². The van der Waals surface area contributed by atoms with Gasteiger partial charge in [-0.05, 0) is 29.8 Å². The number of hydrogen-bond donors (Lipinski definition) is 1. The lowest BCUT2D eigenvalue weighted by Gasteiger charge is -2.12. The van der Waals surface area contributed by atoms with E-state index in [1.165, 1.54) is 17.2 Å². The molecule has 2 aromatic rings. The maximum absolute atomic E-state index is 12.5. The SMILES string of the molecule is O=C(O)c1ccccc1/C=C1/SC(=S)N(Cc2ccco2)C1=O. The minimum Gasteiger partial charge on any atom is -0.478 e. The van der Waals surface area contributed by atoms with Gasteiger partial charge in [-0.2, -0.15) is 0 Å². The lowest BCUT2D eigenvalue weighted by Crippen LogP contribution is -2.27. The summed E-state index contributed by atoms with van der Waals surface area (Å²) in [5.41, 5.74) is 0.613. The van der Waals surface area contributed by atoms with Crippen LogP contribution >= 0.6 is 24.0 Å². The minimum atomic E-state index is -1.04. The second-order valence-corrected chi connectivity index (χ2v) is 6.42. The van der Waals surface area contributed by atoms with Crippen molar-refractivity contribution in [2.24, 2.45) is 0 Å². The Balaban J connectivity index is 1.89. The van der Waals surface area contributed by atoms with Crippen LogP contribution in [0, 0.1) is 0 Å². The molecule has 1 amide bonds. The number of furan rings is 1. The van der Waals surface area contributed by atoms with Crippen molar-refractivity contribution in [3.63, 3.8) is 0 Å². The fourth-order valence-electron chi connectivity index (χ4n) is 2.15. The van der Waals surface area contributed by atoms with E-state index in [-0.39, 0.29) is 18.0 Å². The van der Waals surface area contributed by atoms with Crippen LogP contribution in [0.1, 0.15) is 21.7 Å². The van der Waals surface area contributed by atoms with E-state index in [1.54, 1.807) is 36.4 Å². The summed E-state index contributed by atoms with van der Waals surface area (Å²) in [6.07, 6.45) is 3.09. The highest BCUT2D eigenvalue weighted by molar-refractivity contribution is 8.26. The third-order valence-corrected chi connectivity index (χ3v) is 4.62. The summed E-state index contributed by atoms with van der Waals surface area (Å²) in [6.45, 7) is 0.260. The zero-order valence-corrected chi connectivity index (χ0v) is 13.4. The van der Waals surface area contributed by atoms with Gasteiger partial charge in [0.1, 0.15) is 10.1 Å². The molecule has 1 fully saturated rings. The van der Waals surface area contributed by atoms with E-state index < -0.39 is 5.97 Å². The number of thiocarbonyl (C=S) groups is 1. The number of rotatable bonds is 4. The Kier molecular flexibility index (Phi) is 4.31. The summed E-state index contributed by atoms with van der Waals surface area (Å²) in [5.74, 6) is -0.659. The summed E-state index contributed by atoms with van der Waals surface area (Å²) in [4.78, 5) is 25.6. The van der Waals surface area contributed by atoms with Crippen molar-refractivity contribution in [2.45, 2.75) is 6.54 Å². The molecule has 3 rings (SSSR count). The van der Waals surface area contributed by atoms with Crippen LogP contribution in [0.2, 0.25) is 0 Å². The molecular weight excluding hydrogens is 334 g/mol. The van der Waals surface area contributed by atoms with E-state index in [9.17, 15) is 14.7 Å². The van der Waals surface area contributed by atoms with E-state index in [0.29, 0.717) is 20.5 Å². The minimum absolute atomic E-state index is 0.142. The number of carboxylic acid groups (broad SMARTS) is 1. The zero-order valence-electron chi connectivity index (χ0n) is 11.8. The standard InChI is InChI=1S/C16H11NO4S2/c18-14-13(8-10-4-1-2-6-12(10)15(19)20)23-16(22)17(14)9-11-5-3-7-21-11/h1-8H,9H2,(H,19,20)/b13-8+. The molecule has 0 bridgehead atoms. The third kappa shape index (κ3) is 3.20. The van der Waals surface area contributed by atoms with Crippen molar-refractivity contribution in [1.29, 1.82) is 0 Å². The van der Waals surface area contributed by atoms with Crippen LogP contribution in [0.25, 0.3) is 6.08 Å². The first-order chi connectivity index (χ1) is 11.1. The van der Waals surface area contributed by atoms with Crippen molar-refractivity contribution < 1.29 is 19.1 Å². The van der Waals surface area contributed by atoms with Gasteiger partial charge in [-0.3, -0.25) is 9.69 Å². The van der Waals surface area contributed by atoms with Crippen molar-refractivity contribution in [1.82, 2.24) is 4.90 Å². The molecule has 1 aliphatic rings. The monoisotopic (exact) mass is 345 g/mol. The molecule has 1 aliphatic heterocycles. The van der Waals surface area contributed by atoms with Gasteiger partial charge in [0.2, 0.25) is 0 Å². The van der Waals surface area contributed by atoms with Crippen molar-refractivity contribution >= 4 is 46.3 Å². The molecule has 1 N–H and O–H groups in total. The highest BCUT2D eigenvalue weighted by Crippen LogP contribution is 2.34. The molecule has 1 aromatic carbocycles. The van der Waals surface area contributed by atoms with E-state index >= 15 is 0 Å². The van der Waals surface area contributed by atoms with Crippen LogP contribution in [-0.2, 0) is 11.3 Å². The summed E-state index contributed by atoms with van der Waals surface area (Å²) in [6, 6.07) is 10.0. The molecule has 116 valence electrons. The number of carbonyl (C=O) groups is 2. The highest BCUT2D eigenvalue weighted by atomic mass is 32.2. The molecule has 7 heteroatoms. The van der Waals surface area contributed by atoms with Crippen molar-refractivity contribution in [3.05, 3.63) is 64.5 Å². The molecule has 2 heterocycles. The van der Waals surface area contributed by atoms with Crippen molar-refractivity contribution in [3.8, 4) is 0 Å². The Morgan fingerprint density at radius 1 is 1.30 bits per heavy atom. The molecule has 0 atom stereocenters. The normalized spacial score (nSPS) is 16.3. The average molecular weight is 345 g/mol. The van der Waals surface area contributed by atoms with Gasteiger partial charge in [0.15, 0.2) is 0 Å². The largest absolute Gasteiger partial charge is 0.478 e. The van der Waals surface area contributed by atoms with Gasteiger partial charge in [0.05, 0.1) is 23.3 Å².